The highest BCUT2D eigenvalue weighted by atomic mass is 15.1. The Morgan fingerprint density at radius 2 is 1.07 bits per heavy atom. The number of nitrogens with zero attached hydrogens (tertiary/aromatic N) is 1. The van der Waals surface area contributed by atoms with Crippen molar-refractivity contribution in [1.29, 1.82) is 0 Å². The molecule has 0 N–H and O–H groups in total. The summed E-state index contributed by atoms with van der Waals surface area (Å²) in [5.41, 5.74) is 11.4. The molecule has 0 heterocycles. The summed E-state index contributed by atoms with van der Waals surface area (Å²) >= 11 is 0. The molecular formula is C41H31N. The van der Waals surface area contributed by atoms with E-state index in [0.717, 1.165) is 17.1 Å². The van der Waals surface area contributed by atoms with E-state index < -0.39 is 0 Å². The highest BCUT2D eigenvalue weighted by Crippen LogP contribution is 2.51. The van der Waals surface area contributed by atoms with Crippen molar-refractivity contribution in [2.45, 2.75) is 19.3 Å². The van der Waals surface area contributed by atoms with Crippen molar-refractivity contribution in [3.63, 3.8) is 0 Å². The van der Waals surface area contributed by atoms with Crippen molar-refractivity contribution in [3.8, 4) is 22.3 Å². The lowest BCUT2D eigenvalue weighted by Gasteiger charge is -2.26. The van der Waals surface area contributed by atoms with Gasteiger partial charge < -0.3 is 4.90 Å². The van der Waals surface area contributed by atoms with E-state index in [1.165, 1.54) is 54.9 Å². The van der Waals surface area contributed by atoms with Crippen LogP contribution in [0.1, 0.15) is 25.0 Å². The second kappa shape index (κ2) is 9.46. The molecule has 0 unspecified atom stereocenters. The Hall–Kier alpha value is -5.14. The van der Waals surface area contributed by atoms with Crippen LogP contribution < -0.4 is 4.90 Å². The maximum atomic E-state index is 2.36. The molecule has 1 aliphatic rings. The topological polar surface area (TPSA) is 3.24 Å². The van der Waals surface area contributed by atoms with Gasteiger partial charge in [0.15, 0.2) is 0 Å². The van der Waals surface area contributed by atoms with Crippen molar-refractivity contribution in [2.24, 2.45) is 0 Å². The number of hydrogen-bond acceptors (Lipinski definition) is 1. The summed E-state index contributed by atoms with van der Waals surface area (Å²) in [4.78, 5) is 2.36. The summed E-state index contributed by atoms with van der Waals surface area (Å²) < 4.78 is 0. The summed E-state index contributed by atoms with van der Waals surface area (Å²) in [6.45, 7) is 4.69. The number of fused-ring (bicyclic) bond motifs is 6. The van der Waals surface area contributed by atoms with Crippen LogP contribution in [0.3, 0.4) is 0 Å². The minimum absolute atomic E-state index is 0.00164. The average molecular weight is 538 g/mol. The van der Waals surface area contributed by atoms with E-state index in [-0.39, 0.29) is 5.41 Å². The molecule has 0 fully saturated rings. The first kappa shape index (κ1) is 24.6. The van der Waals surface area contributed by atoms with Crippen LogP contribution >= 0.6 is 0 Å². The summed E-state index contributed by atoms with van der Waals surface area (Å²) in [5, 5.41) is 5.10. The predicted octanol–water partition coefficient (Wildman–Crippen LogP) is 11.4. The van der Waals surface area contributed by atoms with E-state index in [9.17, 15) is 0 Å². The summed E-state index contributed by atoms with van der Waals surface area (Å²) in [6, 6.07) is 55.3. The number of benzene rings is 7. The third-order valence-electron chi connectivity index (χ3n) is 9.03. The molecule has 0 bridgehead atoms. The molecule has 0 radical (unpaired) electrons. The van der Waals surface area contributed by atoms with Crippen LogP contribution in [0.2, 0.25) is 0 Å². The van der Waals surface area contributed by atoms with Gasteiger partial charge >= 0.3 is 0 Å². The third-order valence-corrected chi connectivity index (χ3v) is 9.03. The van der Waals surface area contributed by atoms with Crippen molar-refractivity contribution in [1.82, 2.24) is 0 Å². The molecule has 42 heavy (non-hydrogen) atoms. The SMILES string of the molecule is CC1(C)c2ccccc2-c2c1ccc1cc(N(c3ccccc3)c3ccc(-c4ccc5ccccc5c4)cc3)ccc21. The molecule has 0 aliphatic heterocycles. The van der Waals surface area contributed by atoms with Crippen LogP contribution in [-0.4, -0.2) is 0 Å². The first-order valence-electron chi connectivity index (χ1n) is 14.7. The monoisotopic (exact) mass is 537 g/mol. The summed E-state index contributed by atoms with van der Waals surface area (Å²) in [5.74, 6) is 0. The maximum absolute atomic E-state index is 2.36. The second-order valence-corrected chi connectivity index (χ2v) is 11.8. The fourth-order valence-electron chi connectivity index (χ4n) is 6.85. The van der Waals surface area contributed by atoms with E-state index in [2.05, 4.69) is 170 Å². The lowest BCUT2D eigenvalue weighted by atomic mass is 9.82. The Bertz CT molecular complexity index is 2100. The van der Waals surface area contributed by atoms with Crippen LogP contribution in [0.25, 0.3) is 43.8 Å². The van der Waals surface area contributed by atoms with Crippen LogP contribution in [0.15, 0.2) is 152 Å². The zero-order chi connectivity index (χ0) is 28.3. The Morgan fingerprint density at radius 3 is 1.90 bits per heavy atom. The Labute approximate surface area is 247 Å². The van der Waals surface area contributed by atoms with Gasteiger partial charge in [-0.2, -0.15) is 0 Å². The Kier molecular flexibility index (Phi) is 5.55. The quantitative estimate of drug-likeness (QED) is 0.216. The van der Waals surface area contributed by atoms with E-state index in [1.807, 2.05) is 0 Å². The van der Waals surface area contributed by atoms with Gasteiger partial charge in [0.05, 0.1) is 0 Å². The second-order valence-electron chi connectivity index (χ2n) is 11.8. The molecule has 0 atom stereocenters. The molecule has 1 nitrogen and oxygen atoms in total. The average Bonchev–Trinajstić information content (AvgIpc) is 3.28. The highest BCUT2D eigenvalue weighted by molar-refractivity contribution is 6.04. The number of para-hydroxylation sites is 1. The fourth-order valence-corrected chi connectivity index (χ4v) is 6.85. The number of anilines is 3. The van der Waals surface area contributed by atoms with E-state index >= 15 is 0 Å². The summed E-state index contributed by atoms with van der Waals surface area (Å²) in [6.07, 6.45) is 0. The zero-order valence-electron chi connectivity index (χ0n) is 23.9. The first-order chi connectivity index (χ1) is 20.6. The van der Waals surface area contributed by atoms with Crippen molar-refractivity contribution < 1.29 is 0 Å². The molecule has 8 rings (SSSR count). The van der Waals surface area contributed by atoms with Gasteiger partial charge in [-0.1, -0.05) is 123 Å². The molecule has 1 heteroatoms. The molecular weight excluding hydrogens is 506 g/mol. The fraction of sp³-hybridized carbons (Fsp3) is 0.0732. The maximum Gasteiger partial charge on any atom is 0.0468 e. The highest BCUT2D eigenvalue weighted by Gasteiger charge is 2.36. The molecule has 200 valence electrons. The molecule has 0 amide bonds. The molecule has 0 spiro atoms. The van der Waals surface area contributed by atoms with Gasteiger partial charge in [-0.25, -0.2) is 0 Å². The van der Waals surface area contributed by atoms with Crippen LogP contribution in [-0.2, 0) is 5.41 Å². The molecule has 0 saturated heterocycles. The van der Waals surface area contributed by atoms with Crippen molar-refractivity contribution >= 4 is 38.6 Å². The molecule has 7 aromatic rings. The zero-order valence-corrected chi connectivity index (χ0v) is 23.9. The van der Waals surface area contributed by atoms with Gasteiger partial charge in [0.1, 0.15) is 0 Å². The minimum Gasteiger partial charge on any atom is -0.310 e. The van der Waals surface area contributed by atoms with Crippen molar-refractivity contribution in [3.05, 3.63) is 163 Å². The largest absolute Gasteiger partial charge is 0.310 e. The Balaban J connectivity index is 1.23. The lowest BCUT2D eigenvalue weighted by molar-refractivity contribution is 0.661. The minimum atomic E-state index is 0.00164. The van der Waals surface area contributed by atoms with E-state index in [1.54, 1.807) is 0 Å². The Morgan fingerprint density at radius 1 is 0.429 bits per heavy atom. The van der Waals surface area contributed by atoms with Crippen LogP contribution in [0.4, 0.5) is 17.1 Å². The third kappa shape index (κ3) is 3.85. The molecule has 1 aliphatic carbocycles. The molecule has 7 aromatic carbocycles. The van der Waals surface area contributed by atoms with Crippen LogP contribution in [0, 0.1) is 0 Å². The molecule has 0 saturated carbocycles. The van der Waals surface area contributed by atoms with Gasteiger partial charge in [0, 0.05) is 22.5 Å². The van der Waals surface area contributed by atoms with Gasteiger partial charge in [0.2, 0.25) is 0 Å². The molecule has 0 aromatic heterocycles. The van der Waals surface area contributed by atoms with Gasteiger partial charge in [-0.3, -0.25) is 0 Å². The van der Waals surface area contributed by atoms with Gasteiger partial charge in [0.25, 0.3) is 0 Å². The predicted molar refractivity (Wildman–Crippen MR) is 179 cm³/mol. The summed E-state index contributed by atoms with van der Waals surface area (Å²) in [7, 11) is 0. The normalized spacial score (nSPS) is 13.2. The van der Waals surface area contributed by atoms with Gasteiger partial charge in [-0.15, -0.1) is 0 Å². The van der Waals surface area contributed by atoms with E-state index in [0.29, 0.717) is 0 Å². The smallest absolute Gasteiger partial charge is 0.0468 e. The van der Waals surface area contributed by atoms with Crippen molar-refractivity contribution in [2.75, 3.05) is 4.90 Å². The van der Waals surface area contributed by atoms with E-state index in [4.69, 9.17) is 0 Å². The first-order valence-corrected chi connectivity index (χ1v) is 14.7. The number of hydrogen-bond donors (Lipinski definition) is 0. The van der Waals surface area contributed by atoms with Gasteiger partial charge in [-0.05, 0) is 97.4 Å². The van der Waals surface area contributed by atoms with Crippen LogP contribution in [0.5, 0.6) is 0 Å². The number of rotatable bonds is 4. The standard InChI is InChI=1S/C41H31N/c1-41(2)38-15-9-8-14-37(38)40-36-24-23-35(27-32(36)20-25-39(40)41)42(33-12-4-3-5-13-33)34-21-18-29(19-22-34)31-17-16-28-10-6-7-11-30(28)26-31/h3-27H,1-2H3. The lowest BCUT2D eigenvalue weighted by Crippen LogP contribution is -2.14.